The van der Waals surface area contributed by atoms with Crippen LogP contribution in [0.15, 0.2) is 18.3 Å². The smallest absolute Gasteiger partial charge is 0.164 e. The lowest BCUT2D eigenvalue weighted by Crippen LogP contribution is -2.17. The van der Waals surface area contributed by atoms with Crippen LogP contribution in [0.5, 0.6) is 0 Å². The molecule has 0 saturated carbocycles. The van der Waals surface area contributed by atoms with Crippen LogP contribution in [0.1, 0.15) is 17.1 Å². The molecule has 0 spiro atoms. The summed E-state index contributed by atoms with van der Waals surface area (Å²) >= 11 is 0. The van der Waals surface area contributed by atoms with Gasteiger partial charge in [-0.05, 0) is 18.1 Å². The highest BCUT2D eigenvalue weighted by Crippen LogP contribution is 2.18. The molecule has 2 aromatic rings. The van der Waals surface area contributed by atoms with E-state index in [9.17, 15) is 8.78 Å². The van der Waals surface area contributed by atoms with Crippen molar-refractivity contribution in [3.63, 3.8) is 0 Å². The zero-order valence-corrected chi connectivity index (χ0v) is 10.5. The number of ether oxygens (including phenoxy) is 1. The predicted molar refractivity (Wildman–Crippen MR) is 68.6 cm³/mol. The third kappa shape index (κ3) is 2.12. The molecule has 0 aliphatic carbocycles. The Hall–Kier alpha value is -2.39. The quantitative estimate of drug-likeness (QED) is 0.588. The molecule has 2 N–H and O–H groups in total. The van der Waals surface area contributed by atoms with Gasteiger partial charge in [-0.25, -0.2) is 13.8 Å². The molecule has 102 valence electrons. The normalized spacial score (nSPS) is 13.5. The van der Waals surface area contributed by atoms with Crippen molar-refractivity contribution in [2.45, 2.75) is 13.2 Å². The summed E-state index contributed by atoms with van der Waals surface area (Å²) in [6, 6.07) is 2.27. The number of nitrogens with two attached hydrogens (primary N) is 1. The summed E-state index contributed by atoms with van der Waals surface area (Å²) in [5.41, 5.74) is 5.56. The fourth-order valence-corrected chi connectivity index (χ4v) is 2.01. The first-order chi connectivity index (χ1) is 9.66. The van der Waals surface area contributed by atoms with Crippen LogP contribution in [0.3, 0.4) is 0 Å². The second kappa shape index (κ2) is 4.94. The molecule has 0 bridgehead atoms. The van der Waals surface area contributed by atoms with Crippen molar-refractivity contribution in [2.75, 3.05) is 12.3 Å². The molecule has 6 heteroatoms. The number of halogens is 2. The Morgan fingerprint density at radius 2 is 2.15 bits per heavy atom. The van der Waals surface area contributed by atoms with Gasteiger partial charge in [0.25, 0.3) is 0 Å². The maximum absolute atomic E-state index is 13.7. The predicted octanol–water partition coefficient (Wildman–Crippen LogP) is 1.67. The Labute approximate surface area is 114 Å². The van der Waals surface area contributed by atoms with Crippen LogP contribution < -0.4 is 5.73 Å². The topological polar surface area (TPSA) is 53.1 Å². The Kier molecular flexibility index (Phi) is 3.12. The summed E-state index contributed by atoms with van der Waals surface area (Å²) in [5, 5.41) is 0. The molecule has 1 aliphatic rings. The van der Waals surface area contributed by atoms with Gasteiger partial charge in [0.1, 0.15) is 23.9 Å². The highest BCUT2D eigenvalue weighted by atomic mass is 19.1. The van der Waals surface area contributed by atoms with E-state index in [4.69, 9.17) is 10.5 Å². The number of hydrogen-bond donors (Lipinski definition) is 1. The van der Waals surface area contributed by atoms with Gasteiger partial charge in [0.05, 0.1) is 24.1 Å². The number of fused-ring (bicyclic) bond motifs is 1. The lowest BCUT2D eigenvalue weighted by atomic mass is 10.1. The first-order valence-electron chi connectivity index (χ1n) is 6.04. The average Bonchev–Trinajstić information content (AvgIpc) is 2.87. The highest BCUT2D eigenvalue weighted by Gasteiger charge is 2.13. The fraction of sp³-hybridized carbons (Fsp3) is 0.214. The second-order valence-corrected chi connectivity index (χ2v) is 4.34. The zero-order chi connectivity index (χ0) is 14.1. The number of benzene rings is 1. The van der Waals surface area contributed by atoms with E-state index in [1.54, 1.807) is 6.20 Å². The first kappa shape index (κ1) is 12.6. The zero-order valence-electron chi connectivity index (χ0n) is 10.5. The van der Waals surface area contributed by atoms with E-state index in [0.29, 0.717) is 25.5 Å². The van der Waals surface area contributed by atoms with Gasteiger partial charge in [-0.2, -0.15) is 0 Å². The Morgan fingerprint density at radius 3 is 3.00 bits per heavy atom. The first-order valence-corrected chi connectivity index (χ1v) is 6.04. The second-order valence-electron chi connectivity index (χ2n) is 4.34. The molecular formula is C14H11F2N3O. The monoisotopic (exact) mass is 275 g/mol. The van der Waals surface area contributed by atoms with E-state index < -0.39 is 11.6 Å². The Balaban J connectivity index is 2.01. The van der Waals surface area contributed by atoms with E-state index in [2.05, 4.69) is 16.8 Å². The Morgan fingerprint density at radius 1 is 1.30 bits per heavy atom. The summed E-state index contributed by atoms with van der Waals surface area (Å²) in [6.45, 7) is 1.61. The molecule has 20 heavy (non-hydrogen) atoms. The van der Waals surface area contributed by atoms with Gasteiger partial charge in [0.15, 0.2) is 5.82 Å². The van der Waals surface area contributed by atoms with E-state index >= 15 is 0 Å². The molecule has 0 amide bonds. The lowest BCUT2D eigenvalue weighted by Gasteiger charge is -2.14. The van der Waals surface area contributed by atoms with Crippen molar-refractivity contribution in [1.82, 2.24) is 9.55 Å². The van der Waals surface area contributed by atoms with E-state index in [0.717, 1.165) is 11.9 Å². The summed E-state index contributed by atoms with van der Waals surface area (Å²) in [6.07, 6.45) is 1.57. The van der Waals surface area contributed by atoms with Gasteiger partial charge in [-0.1, -0.05) is 5.92 Å². The molecule has 0 fully saturated rings. The summed E-state index contributed by atoms with van der Waals surface area (Å²) < 4.78 is 34.4. The average molecular weight is 275 g/mol. The Bertz CT molecular complexity index is 728. The number of aromatic nitrogens is 2. The lowest BCUT2D eigenvalue weighted by molar-refractivity contribution is 0.0813. The van der Waals surface area contributed by atoms with E-state index in [1.807, 2.05) is 4.57 Å². The summed E-state index contributed by atoms with van der Waals surface area (Å²) in [7, 11) is 0. The molecule has 0 radical (unpaired) electrons. The van der Waals surface area contributed by atoms with Crippen molar-refractivity contribution < 1.29 is 13.5 Å². The van der Waals surface area contributed by atoms with E-state index in [1.165, 1.54) is 6.07 Å². The van der Waals surface area contributed by atoms with Crippen LogP contribution >= 0.6 is 0 Å². The number of rotatable bonds is 0. The molecule has 3 rings (SSSR count). The number of hydrogen-bond acceptors (Lipinski definition) is 3. The van der Waals surface area contributed by atoms with Gasteiger partial charge >= 0.3 is 0 Å². The molecule has 1 aromatic heterocycles. The SMILES string of the molecule is Nc1ccc(F)c(C#Cc2cnc3n2CCOC3)c1F. The number of nitrogen functional groups attached to an aromatic ring is 1. The van der Waals surface area contributed by atoms with Crippen molar-refractivity contribution in [3.8, 4) is 11.8 Å². The fourth-order valence-electron chi connectivity index (χ4n) is 2.01. The van der Waals surface area contributed by atoms with Crippen molar-refractivity contribution in [3.05, 3.63) is 47.0 Å². The van der Waals surface area contributed by atoms with Gasteiger partial charge in [-0.15, -0.1) is 0 Å². The van der Waals surface area contributed by atoms with Gasteiger partial charge in [0, 0.05) is 6.54 Å². The van der Waals surface area contributed by atoms with Gasteiger partial charge in [0.2, 0.25) is 0 Å². The van der Waals surface area contributed by atoms with Crippen LogP contribution in [-0.4, -0.2) is 16.2 Å². The van der Waals surface area contributed by atoms with Crippen LogP contribution in [0, 0.1) is 23.5 Å². The minimum Gasteiger partial charge on any atom is -0.396 e. The minimum atomic E-state index is -0.834. The van der Waals surface area contributed by atoms with Gasteiger partial charge in [-0.3, -0.25) is 0 Å². The minimum absolute atomic E-state index is 0.126. The summed E-state index contributed by atoms with van der Waals surface area (Å²) in [5.74, 6) is 4.42. The van der Waals surface area contributed by atoms with Crippen molar-refractivity contribution >= 4 is 5.69 Å². The molecule has 2 heterocycles. The van der Waals surface area contributed by atoms with Crippen LogP contribution in [0.2, 0.25) is 0 Å². The number of anilines is 1. The van der Waals surface area contributed by atoms with Crippen LogP contribution in [-0.2, 0) is 17.9 Å². The highest BCUT2D eigenvalue weighted by molar-refractivity contribution is 5.51. The third-order valence-electron chi connectivity index (χ3n) is 3.07. The van der Waals surface area contributed by atoms with Crippen LogP contribution in [0.25, 0.3) is 0 Å². The molecule has 0 unspecified atom stereocenters. The van der Waals surface area contributed by atoms with Crippen molar-refractivity contribution in [1.29, 1.82) is 0 Å². The van der Waals surface area contributed by atoms with Gasteiger partial charge < -0.3 is 15.0 Å². The standard InChI is InChI=1S/C14H11F2N3O/c15-11-3-4-12(17)14(16)10(11)2-1-9-7-18-13-8-20-6-5-19(9)13/h3-4,7H,5-6,8,17H2. The van der Waals surface area contributed by atoms with Crippen LogP contribution in [0.4, 0.5) is 14.5 Å². The van der Waals surface area contributed by atoms with Crippen molar-refractivity contribution in [2.24, 2.45) is 0 Å². The number of imidazole rings is 1. The maximum atomic E-state index is 13.7. The molecule has 1 aliphatic heterocycles. The third-order valence-corrected chi connectivity index (χ3v) is 3.07. The largest absolute Gasteiger partial charge is 0.396 e. The van der Waals surface area contributed by atoms with E-state index in [-0.39, 0.29) is 11.3 Å². The molecule has 1 aromatic carbocycles. The molecular weight excluding hydrogens is 264 g/mol. The molecule has 4 nitrogen and oxygen atoms in total. The molecule has 0 atom stereocenters. The molecule has 0 saturated heterocycles. The summed E-state index contributed by atoms with van der Waals surface area (Å²) in [4.78, 5) is 4.15. The number of nitrogens with zero attached hydrogens (tertiary/aromatic N) is 2. The maximum Gasteiger partial charge on any atom is 0.164 e.